The van der Waals surface area contributed by atoms with Gasteiger partial charge in [0.25, 0.3) is 0 Å². The zero-order chi connectivity index (χ0) is 13.8. The van der Waals surface area contributed by atoms with Crippen LogP contribution in [0.25, 0.3) is 0 Å². The van der Waals surface area contributed by atoms with E-state index in [2.05, 4.69) is 19.1 Å². The highest BCUT2D eigenvalue weighted by atomic mass is 32.2. The number of hydrogen-bond donors (Lipinski definition) is 1. The van der Waals surface area contributed by atoms with Gasteiger partial charge in [-0.05, 0) is 30.7 Å². The number of aryl methyl sites for hydroxylation is 1. The van der Waals surface area contributed by atoms with Gasteiger partial charge in [0.15, 0.2) is 0 Å². The van der Waals surface area contributed by atoms with E-state index in [-0.39, 0.29) is 5.75 Å². The molecule has 1 rings (SSSR count). The second kappa shape index (κ2) is 6.31. The molecule has 0 aliphatic rings. The maximum absolute atomic E-state index is 11.1. The van der Waals surface area contributed by atoms with Gasteiger partial charge >= 0.3 is 0 Å². The smallest absolute Gasteiger partial charge is 0.148 e. The zero-order valence-electron chi connectivity index (χ0n) is 11.3. The van der Waals surface area contributed by atoms with Crippen LogP contribution >= 0.6 is 0 Å². The molecule has 0 unspecified atom stereocenters. The molecule has 2 N–H and O–H groups in total. The van der Waals surface area contributed by atoms with Gasteiger partial charge in [-0.1, -0.05) is 18.2 Å². The Hall–Kier alpha value is -0.910. The maximum atomic E-state index is 11.1. The molecule has 102 valence electrons. The molecular weight excluding hydrogens is 248 g/mol. The molecule has 0 amide bonds. The van der Waals surface area contributed by atoms with Gasteiger partial charge in [0, 0.05) is 25.9 Å². The van der Waals surface area contributed by atoms with Crippen molar-refractivity contribution in [1.82, 2.24) is 4.90 Å². The molecule has 4 nitrogen and oxygen atoms in total. The van der Waals surface area contributed by atoms with Crippen molar-refractivity contribution in [2.75, 3.05) is 25.6 Å². The standard InChI is InChI=1S/C13H22N2O2S/c1-11-8-12(9-14)4-5-13(11)10-15(2)6-7-18(3,16)17/h4-5,8H,6-7,9-10,14H2,1-3H3. The van der Waals surface area contributed by atoms with Crippen LogP contribution < -0.4 is 5.73 Å². The molecule has 0 atom stereocenters. The number of nitrogens with zero attached hydrogens (tertiary/aromatic N) is 1. The van der Waals surface area contributed by atoms with E-state index in [1.165, 1.54) is 17.4 Å². The van der Waals surface area contributed by atoms with E-state index in [0.717, 1.165) is 12.1 Å². The molecule has 0 heterocycles. The third kappa shape index (κ3) is 5.16. The monoisotopic (exact) mass is 270 g/mol. The average Bonchev–Trinajstić information content (AvgIpc) is 2.28. The summed E-state index contributed by atoms with van der Waals surface area (Å²) in [6, 6.07) is 6.17. The number of nitrogens with two attached hydrogens (primary N) is 1. The Morgan fingerprint density at radius 1 is 1.33 bits per heavy atom. The minimum absolute atomic E-state index is 0.198. The summed E-state index contributed by atoms with van der Waals surface area (Å²) in [4.78, 5) is 2.02. The van der Waals surface area contributed by atoms with Crippen LogP contribution in [0, 0.1) is 6.92 Å². The van der Waals surface area contributed by atoms with Gasteiger partial charge in [-0.2, -0.15) is 0 Å². The molecule has 5 heteroatoms. The zero-order valence-corrected chi connectivity index (χ0v) is 12.1. The van der Waals surface area contributed by atoms with Crippen LogP contribution in [0.15, 0.2) is 18.2 Å². The van der Waals surface area contributed by atoms with Crippen LogP contribution in [0.2, 0.25) is 0 Å². The fourth-order valence-corrected chi connectivity index (χ4v) is 2.40. The van der Waals surface area contributed by atoms with E-state index in [4.69, 9.17) is 5.73 Å². The molecule has 18 heavy (non-hydrogen) atoms. The first kappa shape index (κ1) is 15.1. The van der Waals surface area contributed by atoms with Crippen LogP contribution in [0.4, 0.5) is 0 Å². The van der Waals surface area contributed by atoms with Gasteiger partial charge in [-0.25, -0.2) is 8.42 Å². The summed E-state index contributed by atoms with van der Waals surface area (Å²) in [5, 5.41) is 0. The normalized spacial score (nSPS) is 12.1. The van der Waals surface area contributed by atoms with E-state index in [9.17, 15) is 8.42 Å². The SMILES string of the molecule is Cc1cc(CN)ccc1CN(C)CCS(C)(=O)=O. The molecule has 0 saturated carbocycles. The quantitative estimate of drug-likeness (QED) is 0.835. The van der Waals surface area contributed by atoms with Crippen molar-refractivity contribution in [3.63, 3.8) is 0 Å². The Morgan fingerprint density at radius 3 is 2.50 bits per heavy atom. The van der Waals surface area contributed by atoms with Crippen molar-refractivity contribution in [3.05, 3.63) is 34.9 Å². The van der Waals surface area contributed by atoms with E-state index < -0.39 is 9.84 Å². The van der Waals surface area contributed by atoms with Crippen molar-refractivity contribution in [2.24, 2.45) is 5.73 Å². The minimum atomic E-state index is -2.89. The molecular formula is C13H22N2O2S. The van der Waals surface area contributed by atoms with Crippen LogP contribution in [0.1, 0.15) is 16.7 Å². The lowest BCUT2D eigenvalue weighted by Gasteiger charge is -2.18. The van der Waals surface area contributed by atoms with Crippen molar-refractivity contribution < 1.29 is 8.42 Å². The highest BCUT2D eigenvalue weighted by Crippen LogP contribution is 2.12. The fourth-order valence-electron chi connectivity index (χ4n) is 1.75. The third-order valence-corrected chi connectivity index (χ3v) is 3.85. The Morgan fingerprint density at radius 2 is 2.00 bits per heavy atom. The number of benzene rings is 1. The Kier molecular flexibility index (Phi) is 5.31. The molecule has 1 aromatic carbocycles. The summed E-state index contributed by atoms with van der Waals surface area (Å²) < 4.78 is 22.2. The molecule has 1 aromatic rings. The maximum Gasteiger partial charge on any atom is 0.148 e. The van der Waals surface area contributed by atoms with Gasteiger partial charge in [0.05, 0.1) is 5.75 Å². The van der Waals surface area contributed by atoms with Gasteiger partial charge in [-0.15, -0.1) is 0 Å². The van der Waals surface area contributed by atoms with Gasteiger partial charge in [0.2, 0.25) is 0 Å². The molecule has 0 fully saturated rings. The highest BCUT2D eigenvalue weighted by Gasteiger charge is 2.07. The van der Waals surface area contributed by atoms with Crippen LogP contribution in [0.3, 0.4) is 0 Å². The lowest BCUT2D eigenvalue weighted by Crippen LogP contribution is -2.25. The number of rotatable bonds is 6. The van der Waals surface area contributed by atoms with E-state index >= 15 is 0 Å². The van der Waals surface area contributed by atoms with Crippen molar-refractivity contribution in [2.45, 2.75) is 20.0 Å². The van der Waals surface area contributed by atoms with Gasteiger partial charge < -0.3 is 10.6 Å². The summed E-state index contributed by atoms with van der Waals surface area (Å²) in [7, 11) is -0.958. The highest BCUT2D eigenvalue weighted by molar-refractivity contribution is 7.90. The first-order valence-electron chi connectivity index (χ1n) is 5.96. The molecule has 0 saturated heterocycles. The summed E-state index contributed by atoms with van der Waals surface area (Å²) >= 11 is 0. The first-order chi connectivity index (χ1) is 8.31. The lowest BCUT2D eigenvalue weighted by atomic mass is 10.0. The molecule has 0 aliphatic carbocycles. The largest absolute Gasteiger partial charge is 0.326 e. The van der Waals surface area contributed by atoms with Gasteiger partial charge in [0.1, 0.15) is 9.84 Å². The Bertz CT molecular complexity index is 498. The third-order valence-electron chi connectivity index (χ3n) is 2.93. The minimum Gasteiger partial charge on any atom is -0.326 e. The van der Waals surface area contributed by atoms with Crippen molar-refractivity contribution in [3.8, 4) is 0 Å². The molecule has 0 bridgehead atoms. The number of sulfone groups is 1. The predicted molar refractivity (Wildman–Crippen MR) is 75.1 cm³/mol. The lowest BCUT2D eigenvalue weighted by molar-refractivity contribution is 0.345. The summed E-state index contributed by atoms with van der Waals surface area (Å²) in [6.45, 7) is 3.91. The topological polar surface area (TPSA) is 63.4 Å². The predicted octanol–water partition coefficient (Wildman–Crippen LogP) is 0.930. The van der Waals surface area contributed by atoms with E-state index in [1.54, 1.807) is 0 Å². The van der Waals surface area contributed by atoms with Crippen molar-refractivity contribution >= 4 is 9.84 Å². The Balaban J connectivity index is 2.62. The van der Waals surface area contributed by atoms with E-state index in [0.29, 0.717) is 13.1 Å². The van der Waals surface area contributed by atoms with E-state index in [1.807, 2.05) is 18.0 Å². The fraction of sp³-hybridized carbons (Fsp3) is 0.538. The second-order valence-electron chi connectivity index (χ2n) is 4.83. The average molecular weight is 270 g/mol. The van der Waals surface area contributed by atoms with Crippen molar-refractivity contribution in [1.29, 1.82) is 0 Å². The van der Waals surface area contributed by atoms with Crippen LogP contribution in [0.5, 0.6) is 0 Å². The van der Waals surface area contributed by atoms with Crippen LogP contribution in [-0.2, 0) is 22.9 Å². The van der Waals surface area contributed by atoms with Gasteiger partial charge in [-0.3, -0.25) is 0 Å². The molecule has 0 radical (unpaired) electrons. The first-order valence-corrected chi connectivity index (χ1v) is 8.02. The summed E-state index contributed by atoms with van der Waals surface area (Å²) in [5.74, 6) is 0.198. The Labute approximate surface area is 110 Å². The molecule has 0 spiro atoms. The summed E-state index contributed by atoms with van der Waals surface area (Å²) in [6.07, 6.45) is 1.27. The molecule has 0 aliphatic heterocycles. The van der Waals surface area contributed by atoms with Crippen LogP contribution in [-0.4, -0.2) is 38.9 Å². The number of hydrogen-bond acceptors (Lipinski definition) is 4. The second-order valence-corrected chi connectivity index (χ2v) is 7.09. The summed E-state index contributed by atoms with van der Waals surface area (Å²) in [5.41, 5.74) is 9.12. The molecule has 0 aromatic heterocycles.